The predicted octanol–water partition coefficient (Wildman–Crippen LogP) is 3.05. The summed E-state index contributed by atoms with van der Waals surface area (Å²) in [7, 11) is 0. The average Bonchev–Trinajstić information content (AvgIpc) is 2.47. The predicted molar refractivity (Wildman–Crippen MR) is 76.0 cm³/mol. The van der Waals surface area contributed by atoms with Gasteiger partial charge in [0.15, 0.2) is 11.0 Å². The minimum absolute atomic E-state index is 0.0394. The van der Waals surface area contributed by atoms with Crippen molar-refractivity contribution in [3.63, 3.8) is 0 Å². The zero-order valence-electron chi connectivity index (χ0n) is 10.3. The molecular formula is C16H8O4. The van der Waals surface area contributed by atoms with E-state index in [1.807, 2.05) is 0 Å². The molecule has 4 rings (SSSR count). The highest BCUT2D eigenvalue weighted by Gasteiger charge is 2.15. The van der Waals surface area contributed by atoms with Crippen molar-refractivity contribution in [2.24, 2.45) is 0 Å². The molecule has 2 aromatic heterocycles. The Bertz CT molecular complexity index is 1090. The van der Waals surface area contributed by atoms with E-state index in [2.05, 4.69) is 0 Å². The van der Waals surface area contributed by atoms with Crippen molar-refractivity contribution in [3.8, 4) is 0 Å². The zero-order valence-corrected chi connectivity index (χ0v) is 10.3. The van der Waals surface area contributed by atoms with Gasteiger partial charge in [-0.15, -0.1) is 0 Å². The fourth-order valence-electron chi connectivity index (χ4n) is 2.41. The molecule has 4 aromatic rings. The van der Waals surface area contributed by atoms with Crippen LogP contribution in [0.25, 0.3) is 32.9 Å². The second kappa shape index (κ2) is 3.81. The van der Waals surface area contributed by atoms with Gasteiger partial charge >= 0.3 is 5.63 Å². The van der Waals surface area contributed by atoms with Crippen LogP contribution >= 0.6 is 0 Å². The van der Waals surface area contributed by atoms with Crippen LogP contribution in [-0.4, -0.2) is 0 Å². The van der Waals surface area contributed by atoms with E-state index in [9.17, 15) is 9.59 Å². The maximum absolute atomic E-state index is 12.4. The van der Waals surface area contributed by atoms with Crippen molar-refractivity contribution in [2.75, 3.05) is 0 Å². The second-order valence-corrected chi connectivity index (χ2v) is 4.52. The van der Waals surface area contributed by atoms with Crippen LogP contribution in [0.5, 0.6) is 0 Å². The number of hydrogen-bond donors (Lipinski definition) is 0. The van der Waals surface area contributed by atoms with Gasteiger partial charge in [-0.25, -0.2) is 4.79 Å². The van der Waals surface area contributed by atoms with Crippen molar-refractivity contribution in [1.82, 2.24) is 0 Å². The molecule has 0 spiro atoms. The number of rotatable bonds is 0. The Balaban J connectivity index is 2.43. The molecule has 4 heteroatoms. The van der Waals surface area contributed by atoms with Crippen LogP contribution in [0, 0.1) is 0 Å². The van der Waals surface area contributed by atoms with Crippen LogP contribution in [0.15, 0.2) is 67.0 Å². The lowest BCUT2D eigenvalue weighted by Crippen LogP contribution is -2.13. The molecule has 0 N–H and O–H groups in total. The first-order chi connectivity index (χ1) is 9.75. The molecule has 2 heterocycles. The fraction of sp³-hybridized carbons (Fsp3) is 0. The van der Waals surface area contributed by atoms with E-state index in [0.29, 0.717) is 21.9 Å². The van der Waals surface area contributed by atoms with Crippen molar-refractivity contribution < 1.29 is 8.83 Å². The average molecular weight is 264 g/mol. The topological polar surface area (TPSA) is 60.4 Å². The van der Waals surface area contributed by atoms with E-state index in [0.717, 1.165) is 0 Å². The van der Waals surface area contributed by atoms with Gasteiger partial charge in [0.25, 0.3) is 0 Å². The lowest BCUT2D eigenvalue weighted by Gasteiger charge is -2.03. The molecule has 96 valence electrons. The zero-order chi connectivity index (χ0) is 13.7. The van der Waals surface area contributed by atoms with Gasteiger partial charge in [-0.05, 0) is 24.3 Å². The van der Waals surface area contributed by atoms with E-state index >= 15 is 0 Å². The Hall–Kier alpha value is -2.88. The number of fused-ring (bicyclic) bond motifs is 4. The third kappa shape index (κ3) is 1.36. The molecule has 0 bridgehead atoms. The first-order valence-corrected chi connectivity index (χ1v) is 6.13. The van der Waals surface area contributed by atoms with Crippen LogP contribution in [0.1, 0.15) is 0 Å². The SMILES string of the molecule is O=c1oc2ccccc2c2oc3ccccc3c(=O)c12. The maximum Gasteiger partial charge on any atom is 0.351 e. The molecule has 0 aliphatic carbocycles. The molecular weight excluding hydrogens is 256 g/mol. The lowest BCUT2D eigenvalue weighted by atomic mass is 10.1. The molecule has 0 atom stereocenters. The van der Waals surface area contributed by atoms with Gasteiger partial charge in [0, 0.05) is 0 Å². The highest BCUT2D eigenvalue weighted by atomic mass is 16.4. The highest BCUT2D eigenvalue weighted by molar-refractivity contribution is 6.03. The second-order valence-electron chi connectivity index (χ2n) is 4.52. The Morgan fingerprint density at radius 1 is 0.700 bits per heavy atom. The number of benzene rings is 2. The molecule has 0 aliphatic heterocycles. The summed E-state index contributed by atoms with van der Waals surface area (Å²) in [4.78, 5) is 24.5. The molecule has 0 unspecified atom stereocenters. The molecule has 0 radical (unpaired) electrons. The number of para-hydroxylation sites is 2. The van der Waals surface area contributed by atoms with Gasteiger partial charge in [0.1, 0.15) is 11.2 Å². The Kier molecular flexibility index (Phi) is 2.09. The van der Waals surface area contributed by atoms with Crippen molar-refractivity contribution >= 4 is 32.9 Å². The third-order valence-electron chi connectivity index (χ3n) is 3.34. The molecule has 2 aromatic carbocycles. The van der Waals surface area contributed by atoms with Gasteiger partial charge in [0.05, 0.1) is 10.8 Å². The van der Waals surface area contributed by atoms with Crippen LogP contribution < -0.4 is 11.1 Å². The third-order valence-corrected chi connectivity index (χ3v) is 3.34. The monoisotopic (exact) mass is 264 g/mol. The Labute approximate surface area is 111 Å². The van der Waals surface area contributed by atoms with E-state index in [1.165, 1.54) is 0 Å². The van der Waals surface area contributed by atoms with Crippen molar-refractivity contribution in [3.05, 3.63) is 69.2 Å². The summed E-state index contributed by atoms with van der Waals surface area (Å²) in [6.45, 7) is 0. The van der Waals surface area contributed by atoms with E-state index < -0.39 is 5.63 Å². The van der Waals surface area contributed by atoms with Gasteiger partial charge in [-0.1, -0.05) is 24.3 Å². The Morgan fingerprint density at radius 3 is 2.05 bits per heavy atom. The summed E-state index contributed by atoms with van der Waals surface area (Å²) in [5, 5.41) is 0.954. The highest BCUT2D eigenvalue weighted by Crippen LogP contribution is 2.24. The molecule has 0 saturated heterocycles. The van der Waals surface area contributed by atoms with Crippen LogP contribution in [-0.2, 0) is 0 Å². The maximum atomic E-state index is 12.4. The summed E-state index contributed by atoms with van der Waals surface area (Å²) in [5.74, 6) is 0. The molecule has 0 fully saturated rings. The van der Waals surface area contributed by atoms with Crippen LogP contribution in [0.2, 0.25) is 0 Å². The molecule has 0 aliphatic rings. The standard InChI is InChI=1S/C16H8O4/c17-14-9-5-1-3-7-11(9)19-15-10-6-2-4-8-12(10)20-16(18)13(14)15/h1-8H. The van der Waals surface area contributed by atoms with E-state index in [-0.39, 0.29) is 16.4 Å². The van der Waals surface area contributed by atoms with E-state index in [1.54, 1.807) is 48.5 Å². The van der Waals surface area contributed by atoms with Gasteiger partial charge < -0.3 is 8.83 Å². The van der Waals surface area contributed by atoms with E-state index in [4.69, 9.17) is 8.83 Å². The van der Waals surface area contributed by atoms with Gasteiger partial charge in [-0.3, -0.25) is 4.79 Å². The van der Waals surface area contributed by atoms with Crippen LogP contribution in [0.4, 0.5) is 0 Å². The lowest BCUT2D eigenvalue weighted by molar-refractivity contribution is 0.563. The molecule has 4 nitrogen and oxygen atoms in total. The van der Waals surface area contributed by atoms with Crippen molar-refractivity contribution in [2.45, 2.75) is 0 Å². The summed E-state index contributed by atoms with van der Waals surface area (Å²) < 4.78 is 11.0. The fourth-order valence-corrected chi connectivity index (χ4v) is 2.41. The summed E-state index contributed by atoms with van der Waals surface area (Å²) >= 11 is 0. The van der Waals surface area contributed by atoms with Crippen molar-refractivity contribution in [1.29, 1.82) is 0 Å². The number of hydrogen-bond acceptors (Lipinski definition) is 4. The first-order valence-electron chi connectivity index (χ1n) is 6.13. The minimum atomic E-state index is -0.668. The van der Waals surface area contributed by atoms with Gasteiger partial charge in [-0.2, -0.15) is 0 Å². The quantitative estimate of drug-likeness (QED) is 0.278. The summed E-state index contributed by atoms with van der Waals surface area (Å²) in [5.41, 5.74) is 0.115. The molecule has 20 heavy (non-hydrogen) atoms. The smallest absolute Gasteiger partial charge is 0.351 e. The normalized spacial score (nSPS) is 11.4. The molecule has 0 amide bonds. The minimum Gasteiger partial charge on any atom is -0.455 e. The summed E-state index contributed by atoms with van der Waals surface area (Å²) in [6, 6.07) is 13.9. The Morgan fingerprint density at radius 2 is 1.30 bits per heavy atom. The van der Waals surface area contributed by atoms with Crippen LogP contribution in [0.3, 0.4) is 0 Å². The first kappa shape index (κ1) is 11.0. The largest absolute Gasteiger partial charge is 0.455 e. The van der Waals surface area contributed by atoms with Gasteiger partial charge in [0.2, 0.25) is 5.43 Å². The molecule has 0 saturated carbocycles. The summed E-state index contributed by atoms with van der Waals surface area (Å²) in [6.07, 6.45) is 0.